The molecule has 0 unspecified atom stereocenters. The molecular formula is C49H33N3. The maximum Gasteiger partial charge on any atom is 0.138 e. The molecule has 7 aromatic carbocycles. The van der Waals surface area contributed by atoms with Gasteiger partial charge in [0.2, 0.25) is 0 Å². The monoisotopic (exact) mass is 663 g/mol. The molecule has 2 heterocycles. The minimum Gasteiger partial charge on any atom is -0.279 e. The Labute approximate surface area is 302 Å². The summed E-state index contributed by atoms with van der Waals surface area (Å²) in [5, 5.41) is 7.59. The molecule has 9 aromatic rings. The number of hydrogen-bond acceptors (Lipinski definition) is 3. The summed E-state index contributed by atoms with van der Waals surface area (Å²) in [7, 11) is 0. The lowest BCUT2D eigenvalue weighted by atomic mass is 9.67. The van der Waals surface area contributed by atoms with Crippen molar-refractivity contribution < 1.29 is 0 Å². The van der Waals surface area contributed by atoms with Gasteiger partial charge < -0.3 is 0 Å². The lowest BCUT2D eigenvalue weighted by Gasteiger charge is -2.34. The number of nitrogens with zero attached hydrogens (tertiary/aromatic N) is 3. The van der Waals surface area contributed by atoms with Crippen LogP contribution in [0.5, 0.6) is 0 Å². The summed E-state index contributed by atoms with van der Waals surface area (Å²) >= 11 is 0. The van der Waals surface area contributed by atoms with Crippen LogP contribution in [-0.4, -0.2) is 9.97 Å². The first-order valence-electron chi connectivity index (χ1n) is 17.7. The first-order valence-corrected chi connectivity index (χ1v) is 17.7. The van der Waals surface area contributed by atoms with Gasteiger partial charge in [-0.2, -0.15) is 0 Å². The van der Waals surface area contributed by atoms with Crippen LogP contribution in [0.1, 0.15) is 33.4 Å². The predicted octanol–water partition coefficient (Wildman–Crippen LogP) is 12.3. The molecule has 0 saturated carbocycles. The summed E-state index contributed by atoms with van der Waals surface area (Å²) in [6.07, 6.45) is 8.14. The molecule has 3 nitrogen and oxygen atoms in total. The van der Waals surface area contributed by atoms with E-state index in [2.05, 4.69) is 167 Å². The molecule has 0 spiro atoms. The van der Waals surface area contributed by atoms with Gasteiger partial charge >= 0.3 is 0 Å². The van der Waals surface area contributed by atoms with Crippen LogP contribution in [0.15, 0.2) is 188 Å². The van der Waals surface area contributed by atoms with Crippen molar-refractivity contribution in [3.63, 3.8) is 0 Å². The van der Waals surface area contributed by atoms with Gasteiger partial charge in [0, 0.05) is 18.1 Å². The molecule has 0 amide bonds. The molecular weight excluding hydrogens is 631 g/mol. The fourth-order valence-electron chi connectivity index (χ4n) is 8.32. The van der Waals surface area contributed by atoms with Crippen LogP contribution in [0.4, 0.5) is 17.3 Å². The molecule has 0 N–H and O–H groups in total. The second kappa shape index (κ2) is 12.2. The molecule has 2 aromatic heterocycles. The Bertz CT molecular complexity index is 2700. The Morgan fingerprint density at radius 2 is 0.981 bits per heavy atom. The number of fused-ring (bicyclic) bond motifs is 1. The number of rotatable bonds is 7. The minimum absolute atomic E-state index is 0.424. The summed E-state index contributed by atoms with van der Waals surface area (Å²) in [4.78, 5) is 11.4. The molecule has 10 rings (SSSR count). The summed E-state index contributed by atoms with van der Waals surface area (Å²) < 4.78 is 0. The highest BCUT2D eigenvalue weighted by atomic mass is 15.2. The zero-order chi connectivity index (χ0) is 34.5. The minimum atomic E-state index is -0.424. The van der Waals surface area contributed by atoms with E-state index < -0.39 is 5.41 Å². The molecule has 0 saturated heterocycles. The summed E-state index contributed by atoms with van der Waals surface area (Å²) in [5.74, 6) is 1.65. The van der Waals surface area contributed by atoms with E-state index in [1.165, 1.54) is 54.7 Å². The van der Waals surface area contributed by atoms with Crippen molar-refractivity contribution in [3.8, 4) is 0 Å². The highest BCUT2D eigenvalue weighted by Gasteiger charge is 2.44. The van der Waals surface area contributed by atoms with Crippen molar-refractivity contribution in [3.05, 3.63) is 222 Å². The fourth-order valence-corrected chi connectivity index (χ4v) is 8.32. The first kappa shape index (κ1) is 30.0. The molecule has 1 aliphatic rings. The average molecular weight is 664 g/mol. The van der Waals surface area contributed by atoms with Crippen LogP contribution in [0.2, 0.25) is 0 Å². The van der Waals surface area contributed by atoms with Crippen LogP contribution in [0.3, 0.4) is 0 Å². The molecule has 52 heavy (non-hydrogen) atoms. The van der Waals surface area contributed by atoms with E-state index >= 15 is 0 Å². The largest absolute Gasteiger partial charge is 0.279 e. The van der Waals surface area contributed by atoms with Crippen molar-refractivity contribution in [2.75, 3.05) is 4.90 Å². The van der Waals surface area contributed by atoms with E-state index in [-0.39, 0.29) is 0 Å². The normalized spacial score (nSPS) is 13.1. The first-order chi connectivity index (χ1) is 25.8. The Morgan fingerprint density at radius 3 is 1.67 bits per heavy atom. The Balaban J connectivity index is 1.07. The third kappa shape index (κ3) is 4.74. The number of pyridine rings is 2. The van der Waals surface area contributed by atoms with E-state index in [9.17, 15) is 0 Å². The van der Waals surface area contributed by atoms with Crippen molar-refractivity contribution in [2.45, 2.75) is 5.41 Å². The molecule has 0 radical (unpaired) electrons. The summed E-state index contributed by atoms with van der Waals surface area (Å²) in [6.45, 7) is 0. The number of anilines is 3. The second-order valence-corrected chi connectivity index (χ2v) is 13.5. The molecule has 0 aliphatic heterocycles. The van der Waals surface area contributed by atoms with E-state index in [1.54, 1.807) is 0 Å². The Morgan fingerprint density at radius 1 is 0.404 bits per heavy atom. The Kier molecular flexibility index (Phi) is 7.04. The maximum atomic E-state index is 4.64. The van der Waals surface area contributed by atoms with Gasteiger partial charge in [-0.05, 0) is 120 Å². The van der Waals surface area contributed by atoms with Crippen molar-refractivity contribution in [1.82, 2.24) is 9.97 Å². The van der Waals surface area contributed by atoms with Crippen molar-refractivity contribution in [2.24, 2.45) is 0 Å². The highest BCUT2D eigenvalue weighted by molar-refractivity contribution is 6.16. The molecule has 0 bridgehead atoms. The predicted molar refractivity (Wildman–Crippen MR) is 216 cm³/mol. The maximum absolute atomic E-state index is 4.64. The van der Waals surface area contributed by atoms with Gasteiger partial charge in [-0.25, -0.2) is 9.97 Å². The molecule has 244 valence electrons. The quantitative estimate of drug-likeness (QED) is 0.126. The molecule has 0 fully saturated rings. The Hall–Kier alpha value is -6.84. The smallest absolute Gasteiger partial charge is 0.138 e. The van der Waals surface area contributed by atoms with Crippen molar-refractivity contribution in [1.29, 1.82) is 0 Å². The van der Waals surface area contributed by atoms with Crippen LogP contribution < -0.4 is 4.90 Å². The highest BCUT2D eigenvalue weighted by Crippen LogP contribution is 2.56. The number of hydrogen-bond donors (Lipinski definition) is 0. The molecule has 0 atom stereocenters. The van der Waals surface area contributed by atoms with Crippen LogP contribution in [0.25, 0.3) is 44.5 Å². The van der Waals surface area contributed by atoms with Gasteiger partial charge in [0.1, 0.15) is 11.6 Å². The van der Waals surface area contributed by atoms with Crippen molar-refractivity contribution >= 4 is 61.8 Å². The average Bonchev–Trinajstić information content (AvgIpc) is 3.52. The van der Waals surface area contributed by atoms with Crippen LogP contribution in [-0.2, 0) is 5.41 Å². The van der Waals surface area contributed by atoms with Gasteiger partial charge in [0.15, 0.2) is 0 Å². The molecule has 1 aliphatic carbocycles. The topological polar surface area (TPSA) is 29.0 Å². The van der Waals surface area contributed by atoms with Crippen LogP contribution in [0, 0.1) is 0 Å². The van der Waals surface area contributed by atoms with E-state index in [0.29, 0.717) is 0 Å². The second-order valence-electron chi connectivity index (χ2n) is 13.5. The number of aromatic nitrogens is 2. The van der Waals surface area contributed by atoms with E-state index in [1.807, 2.05) is 48.8 Å². The zero-order valence-corrected chi connectivity index (χ0v) is 28.4. The zero-order valence-electron chi connectivity index (χ0n) is 28.4. The van der Waals surface area contributed by atoms with Gasteiger partial charge in [0.05, 0.1) is 5.41 Å². The van der Waals surface area contributed by atoms with Gasteiger partial charge in [0.25, 0.3) is 0 Å². The number of benzene rings is 7. The third-order valence-corrected chi connectivity index (χ3v) is 10.5. The van der Waals surface area contributed by atoms with Gasteiger partial charge in [-0.15, -0.1) is 0 Å². The van der Waals surface area contributed by atoms with Gasteiger partial charge in [-0.3, -0.25) is 4.90 Å². The summed E-state index contributed by atoms with van der Waals surface area (Å²) in [6, 6.07) is 63.3. The van der Waals surface area contributed by atoms with E-state index in [0.717, 1.165) is 28.3 Å². The summed E-state index contributed by atoms with van der Waals surface area (Å²) in [5.41, 5.74) is 8.18. The molecule has 3 heteroatoms. The standard InChI is InChI=1S/C49H33N3/c1-3-13-40(14-4-1)49(41-15-5-2-6-16-41)43-17-11-12-36-24-25-39-31-35(32-44(49)48(39)47(36)43)21-20-34-22-23-38-33-42(27-26-37(38)30-34)52(45-18-7-9-28-50-45)46-19-8-10-29-51-46/h1-33H/b21-20+. The van der Waals surface area contributed by atoms with E-state index in [4.69, 9.17) is 0 Å². The van der Waals surface area contributed by atoms with Gasteiger partial charge in [-0.1, -0.05) is 133 Å². The fraction of sp³-hybridized carbons (Fsp3) is 0.0204. The lowest BCUT2D eigenvalue weighted by molar-refractivity contribution is 0.771. The van der Waals surface area contributed by atoms with Crippen LogP contribution >= 0.6 is 0 Å². The lowest BCUT2D eigenvalue weighted by Crippen LogP contribution is -2.28. The third-order valence-electron chi connectivity index (χ3n) is 10.5. The SMILES string of the molecule is C(=C\c1cc2c3c(ccc4cccc(c43)C2(c2ccccc2)c2ccccc2)c1)/c1ccc2cc(N(c3ccccn3)c3ccccn3)ccc2c1.